The summed E-state index contributed by atoms with van der Waals surface area (Å²) in [6.45, 7) is 2.79. The Morgan fingerprint density at radius 2 is 1.86 bits per heavy atom. The number of likely N-dealkylation sites (N-methyl/N-ethyl adjacent to an activating group) is 1. The number of ether oxygens (including phenoxy) is 1. The van der Waals surface area contributed by atoms with Gasteiger partial charge in [0.05, 0.1) is 20.1 Å². The molecule has 0 aliphatic heterocycles. The predicted molar refractivity (Wildman–Crippen MR) is 73.7 cm³/mol. The van der Waals surface area contributed by atoms with E-state index in [-0.39, 0.29) is 24.6 Å². The van der Waals surface area contributed by atoms with Crippen molar-refractivity contribution in [3.05, 3.63) is 29.8 Å². The number of anilines is 1. The van der Waals surface area contributed by atoms with Crippen molar-refractivity contribution in [3.8, 4) is 0 Å². The summed E-state index contributed by atoms with van der Waals surface area (Å²) in [6.07, 6.45) is 0.173. The molecule has 116 valence electrons. The van der Waals surface area contributed by atoms with Crippen LogP contribution in [0.1, 0.15) is 13.3 Å². The standard InChI is InChI=1S/C14H18F2N2O3/c1-3-18(5-4-14(20)21-2)9-13(19)17-12-7-10(15)6-11(16)8-12/h6-8H,3-5,9H2,1-2H3,(H,17,19). The van der Waals surface area contributed by atoms with Gasteiger partial charge >= 0.3 is 5.97 Å². The van der Waals surface area contributed by atoms with Gasteiger partial charge in [-0.2, -0.15) is 0 Å². The van der Waals surface area contributed by atoms with Crippen LogP contribution in [-0.4, -0.2) is 43.5 Å². The van der Waals surface area contributed by atoms with Gasteiger partial charge in [0.15, 0.2) is 0 Å². The highest BCUT2D eigenvalue weighted by Crippen LogP contribution is 2.12. The first-order valence-corrected chi connectivity index (χ1v) is 6.49. The van der Waals surface area contributed by atoms with Crippen LogP contribution in [0.15, 0.2) is 18.2 Å². The largest absolute Gasteiger partial charge is 0.469 e. The Balaban J connectivity index is 2.52. The highest BCUT2D eigenvalue weighted by Gasteiger charge is 2.12. The summed E-state index contributed by atoms with van der Waals surface area (Å²) in [5, 5.41) is 2.41. The van der Waals surface area contributed by atoms with Gasteiger partial charge in [-0.25, -0.2) is 8.78 Å². The molecule has 1 aromatic rings. The number of nitrogens with zero attached hydrogens (tertiary/aromatic N) is 1. The van der Waals surface area contributed by atoms with Crippen LogP contribution in [0.4, 0.5) is 14.5 Å². The van der Waals surface area contributed by atoms with Crippen molar-refractivity contribution < 1.29 is 23.1 Å². The number of nitrogens with one attached hydrogen (secondary N) is 1. The van der Waals surface area contributed by atoms with Crippen LogP contribution in [0, 0.1) is 11.6 Å². The average Bonchev–Trinajstić information content (AvgIpc) is 2.41. The molecule has 0 aliphatic carbocycles. The first-order chi connectivity index (χ1) is 9.94. The SMILES string of the molecule is CCN(CCC(=O)OC)CC(=O)Nc1cc(F)cc(F)c1. The third kappa shape index (κ3) is 6.31. The molecular formula is C14H18F2N2O3. The summed E-state index contributed by atoms with van der Waals surface area (Å²) >= 11 is 0. The molecule has 1 aromatic carbocycles. The molecule has 1 N–H and O–H groups in total. The topological polar surface area (TPSA) is 58.6 Å². The van der Waals surface area contributed by atoms with Crippen molar-refractivity contribution in [3.63, 3.8) is 0 Å². The van der Waals surface area contributed by atoms with Crippen LogP contribution in [0.3, 0.4) is 0 Å². The quantitative estimate of drug-likeness (QED) is 0.780. The van der Waals surface area contributed by atoms with Crippen LogP contribution in [-0.2, 0) is 14.3 Å². The third-order valence-electron chi connectivity index (χ3n) is 2.82. The van der Waals surface area contributed by atoms with Gasteiger partial charge in [-0.1, -0.05) is 6.92 Å². The Labute approximate surface area is 121 Å². The van der Waals surface area contributed by atoms with Crippen molar-refractivity contribution in [2.24, 2.45) is 0 Å². The number of hydrogen-bond donors (Lipinski definition) is 1. The Kier molecular flexibility index (Phi) is 6.74. The van der Waals surface area contributed by atoms with E-state index in [0.717, 1.165) is 18.2 Å². The summed E-state index contributed by atoms with van der Waals surface area (Å²) in [7, 11) is 1.30. The smallest absolute Gasteiger partial charge is 0.306 e. The minimum atomic E-state index is -0.761. The number of methoxy groups -OCH3 is 1. The summed E-state index contributed by atoms with van der Waals surface area (Å²) in [5.74, 6) is -2.29. The molecule has 0 aromatic heterocycles. The summed E-state index contributed by atoms with van der Waals surface area (Å²) < 4.78 is 30.5. The van der Waals surface area contributed by atoms with Gasteiger partial charge in [0.1, 0.15) is 11.6 Å². The van der Waals surface area contributed by atoms with Crippen LogP contribution in [0.25, 0.3) is 0 Å². The first kappa shape index (κ1) is 17.0. The van der Waals surface area contributed by atoms with Gasteiger partial charge in [-0.05, 0) is 18.7 Å². The summed E-state index contributed by atoms with van der Waals surface area (Å²) in [5.41, 5.74) is 0.0570. The highest BCUT2D eigenvalue weighted by molar-refractivity contribution is 5.92. The van der Waals surface area contributed by atoms with Crippen molar-refractivity contribution in [2.45, 2.75) is 13.3 Å². The van der Waals surface area contributed by atoms with Crippen LogP contribution in [0.5, 0.6) is 0 Å². The molecule has 0 atom stereocenters. The predicted octanol–water partition coefficient (Wildman–Crippen LogP) is 1.79. The molecule has 0 unspecified atom stereocenters. The molecule has 0 saturated heterocycles. The average molecular weight is 300 g/mol. The lowest BCUT2D eigenvalue weighted by Gasteiger charge is -2.19. The molecule has 0 fully saturated rings. The lowest BCUT2D eigenvalue weighted by molar-refractivity contribution is -0.141. The molecule has 1 amide bonds. The normalized spacial score (nSPS) is 10.5. The molecule has 7 heteroatoms. The van der Waals surface area contributed by atoms with E-state index in [1.807, 2.05) is 6.92 Å². The molecule has 0 bridgehead atoms. The number of hydrogen-bond acceptors (Lipinski definition) is 4. The van der Waals surface area contributed by atoms with E-state index in [9.17, 15) is 18.4 Å². The Hall–Kier alpha value is -2.02. The van der Waals surface area contributed by atoms with Gasteiger partial charge in [0.2, 0.25) is 5.91 Å². The monoisotopic (exact) mass is 300 g/mol. The number of esters is 1. The Bertz CT molecular complexity index is 489. The molecular weight excluding hydrogens is 282 g/mol. The second-order valence-corrected chi connectivity index (χ2v) is 4.40. The van der Waals surface area contributed by atoms with E-state index in [2.05, 4.69) is 10.1 Å². The van der Waals surface area contributed by atoms with Gasteiger partial charge in [-0.15, -0.1) is 0 Å². The van der Waals surface area contributed by atoms with Gasteiger partial charge in [0, 0.05) is 18.3 Å². The zero-order valence-electron chi connectivity index (χ0n) is 12.0. The zero-order valence-corrected chi connectivity index (χ0v) is 12.0. The lowest BCUT2D eigenvalue weighted by atomic mass is 10.3. The maximum atomic E-state index is 13.0. The number of rotatable bonds is 7. The van der Waals surface area contributed by atoms with Gasteiger partial charge in [-0.3, -0.25) is 14.5 Å². The Morgan fingerprint density at radius 3 is 2.38 bits per heavy atom. The van der Waals surface area contributed by atoms with Crippen molar-refractivity contribution in [1.82, 2.24) is 4.90 Å². The van der Waals surface area contributed by atoms with Crippen LogP contribution in [0.2, 0.25) is 0 Å². The number of benzene rings is 1. The van der Waals surface area contributed by atoms with Gasteiger partial charge < -0.3 is 10.1 Å². The van der Waals surface area contributed by atoms with E-state index >= 15 is 0 Å². The van der Waals surface area contributed by atoms with E-state index in [4.69, 9.17) is 0 Å². The van der Waals surface area contributed by atoms with E-state index < -0.39 is 17.5 Å². The number of halogens is 2. The number of amides is 1. The molecule has 21 heavy (non-hydrogen) atoms. The molecule has 0 saturated carbocycles. The van der Waals surface area contributed by atoms with Crippen LogP contribution >= 0.6 is 0 Å². The number of carbonyl (C=O) groups is 2. The van der Waals surface area contributed by atoms with Crippen molar-refractivity contribution in [1.29, 1.82) is 0 Å². The molecule has 0 spiro atoms. The third-order valence-corrected chi connectivity index (χ3v) is 2.82. The molecule has 0 aliphatic rings. The van der Waals surface area contributed by atoms with E-state index in [0.29, 0.717) is 13.1 Å². The van der Waals surface area contributed by atoms with Crippen LogP contribution < -0.4 is 5.32 Å². The van der Waals surface area contributed by atoms with Crippen molar-refractivity contribution in [2.75, 3.05) is 32.1 Å². The maximum absolute atomic E-state index is 13.0. The van der Waals surface area contributed by atoms with E-state index in [1.54, 1.807) is 4.90 Å². The fourth-order valence-corrected chi connectivity index (χ4v) is 1.73. The molecule has 0 radical (unpaired) electrons. The highest BCUT2D eigenvalue weighted by atomic mass is 19.1. The van der Waals surface area contributed by atoms with Gasteiger partial charge in [0.25, 0.3) is 0 Å². The van der Waals surface area contributed by atoms with Crippen molar-refractivity contribution >= 4 is 17.6 Å². The minimum Gasteiger partial charge on any atom is -0.469 e. The second-order valence-electron chi connectivity index (χ2n) is 4.40. The van der Waals surface area contributed by atoms with E-state index in [1.165, 1.54) is 7.11 Å². The zero-order chi connectivity index (χ0) is 15.8. The summed E-state index contributed by atoms with van der Waals surface area (Å²) in [6, 6.07) is 2.79. The fraction of sp³-hybridized carbons (Fsp3) is 0.429. The second kappa shape index (κ2) is 8.31. The Morgan fingerprint density at radius 1 is 1.24 bits per heavy atom. The number of carbonyl (C=O) groups excluding carboxylic acids is 2. The molecule has 1 rings (SSSR count). The minimum absolute atomic E-state index is 0.0195. The summed E-state index contributed by atoms with van der Waals surface area (Å²) in [4.78, 5) is 24.6. The molecule has 5 nitrogen and oxygen atoms in total. The lowest BCUT2D eigenvalue weighted by Crippen LogP contribution is -2.34. The maximum Gasteiger partial charge on any atom is 0.306 e. The fourth-order valence-electron chi connectivity index (χ4n) is 1.73. The molecule has 0 heterocycles. The first-order valence-electron chi connectivity index (χ1n) is 6.49.